The number of rotatable bonds is 7. The highest BCUT2D eigenvalue weighted by Crippen LogP contribution is 2.38. The summed E-state index contributed by atoms with van der Waals surface area (Å²) in [6.07, 6.45) is 5.11. The number of hydrogen-bond donors (Lipinski definition) is 1. The molecule has 1 saturated carbocycles. The normalized spacial score (nSPS) is 18.1. The van der Waals surface area contributed by atoms with Crippen molar-refractivity contribution in [1.82, 2.24) is 4.90 Å². The Bertz CT molecular complexity index is 557. The molecule has 0 saturated heterocycles. The smallest absolute Gasteiger partial charge is 0.122 e. The summed E-state index contributed by atoms with van der Waals surface area (Å²) in [4.78, 5) is 2.45. The molecular weight excluding hydrogens is 264 g/mol. The maximum atomic E-state index is 6.42. The fraction of sp³-hybridized carbons (Fsp3) is 0.529. The summed E-state index contributed by atoms with van der Waals surface area (Å²) in [6.45, 7) is 4.90. The van der Waals surface area contributed by atoms with Gasteiger partial charge in [0.2, 0.25) is 0 Å². The molecule has 1 fully saturated rings. The van der Waals surface area contributed by atoms with Gasteiger partial charge in [-0.1, -0.05) is 6.92 Å². The molecule has 2 heterocycles. The first-order valence-electron chi connectivity index (χ1n) is 7.79. The highest BCUT2D eigenvalue weighted by Gasteiger charge is 2.38. The first kappa shape index (κ1) is 14.4. The van der Waals surface area contributed by atoms with E-state index in [1.54, 1.807) is 6.26 Å². The summed E-state index contributed by atoms with van der Waals surface area (Å²) in [5.41, 5.74) is 6.42. The quantitative estimate of drug-likeness (QED) is 0.845. The largest absolute Gasteiger partial charge is 0.468 e. The van der Waals surface area contributed by atoms with Crippen molar-refractivity contribution in [2.45, 2.75) is 57.8 Å². The van der Waals surface area contributed by atoms with Crippen molar-refractivity contribution in [3.05, 3.63) is 47.8 Å². The van der Waals surface area contributed by atoms with E-state index in [2.05, 4.69) is 17.9 Å². The Morgan fingerprint density at radius 3 is 2.67 bits per heavy atom. The Hall–Kier alpha value is -1.52. The second-order valence-corrected chi connectivity index (χ2v) is 5.95. The van der Waals surface area contributed by atoms with Gasteiger partial charge in [-0.3, -0.25) is 4.90 Å². The summed E-state index contributed by atoms with van der Waals surface area (Å²) < 4.78 is 11.4. The molecule has 2 aromatic heterocycles. The van der Waals surface area contributed by atoms with E-state index in [0.29, 0.717) is 6.04 Å². The summed E-state index contributed by atoms with van der Waals surface area (Å²) in [5, 5.41) is 0. The summed E-state index contributed by atoms with van der Waals surface area (Å²) in [6, 6.07) is 8.80. The minimum Gasteiger partial charge on any atom is -0.468 e. The van der Waals surface area contributed by atoms with Gasteiger partial charge in [-0.05, 0) is 50.5 Å². The van der Waals surface area contributed by atoms with E-state index in [1.807, 2.05) is 25.1 Å². The third-order valence-corrected chi connectivity index (χ3v) is 4.22. The monoisotopic (exact) mass is 288 g/mol. The average Bonchev–Trinajstić information content (AvgIpc) is 3.03. The molecule has 4 heteroatoms. The number of aryl methyl sites for hydroxylation is 1. The Morgan fingerprint density at radius 1 is 1.33 bits per heavy atom. The van der Waals surface area contributed by atoms with Crippen LogP contribution in [0.2, 0.25) is 0 Å². The molecular formula is C17H24N2O2. The lowest BCUT2D eigenvalue weighted by Crippen LogP contribution is -2.41. The van der Waals surface area contributed by atoms with Crippen LogP contribution in [0.5, 0.6) is 0 Å². The van der Waals surface area contributed by atoms with Gasteiger partial charge in [0.25, 0.3) is 0 Å². The van der Waals surface area contributed by atoms with E-state index < -0.39 is 0 Å². The van der Waals surface area contributed by atoms with Gasteiger partial charge in [-0.15, -0.1) is 0 Å². The van der Waals surface area contributed by atoms with Crippen molar-refractivity contribution in [3.8, 4) is 0 Å². The molecule has 21 heavy (non-hydrogen) atoms. The molecule has 2 atom stereocenters. The molecule has 2 N–H and O–H groups in total. The molecule has 2 aromatic rings. The lowest BCUT2D eigenvalue weighted by Gasteiger charge is -2.33. The Morgan fingerprint density at radius 2 is 2.14 bits per heavy atom. The molecule has 0 aliphatic heterocycles. The second kappa shape index (κ2) is 6.08. The maximum Gasteiger partial charge on any atom is 0.122 e. The van der Waals surface area contributed by atoms with Crippen molar-refractivity contribution in [3.63, 3.8) is 0 Å². The number of nitrogens with zero attached hydrogens (tertiary/aromatic N) is 1. The summed E-state index contributed by atoms with van der Waals surface area (Å²) in [7, 11) is 0. The number of furan rings is 2. The molecule has 1 aliphatic rings. The van der Waals surface area contributed by atoms with Gasteiger partial charge in [0.1, 0.15) is 17.3 Å². The Balaban J connectivity index is 1.88. The highest BCUT2D eigenvalue weighted by atomic mass is 16.3. The predicted molar refractivity (Wildman–Crippen MR) is 81.7 cm³/mol. The van der Waals surface area contributed by atoms with Gasteiger partial charge in [0.05, 0.1) is 18.8 Å². The summed E-state index contributed by atoms with van der Waals surface area (Å²) >= 11 is 0. The van der Waals surface area contributed by atoms with E-state index in [0.717, 1.165) is 30.2 Å². The van der Waals surface area contributed by atoms with Crippen molar-refractivity contribution < 1.29 is 8.83 Å². The van der Waals surface area contributed by atoms with Crippen LogP contribution in [-0.2, 0) is 6.54 Å². The molecule has 2 unspecified atom stereocenters. The molecule has 0 aromatic carbocycles. The molecule has 4 nitrogen and oxygen atoms in total. The van der Waals surface area contributed by atoms with Gasteiger partial charge in [0.15, 0.2) is 0 Å². The van der Waals surface area contributed by atoms with Crippen molar-refractivity contribution in [1.29, 1.82) is 0 Å². The lowest BCUT2D eigenvalue weighted by atomic mass is 10.0. The Kier molecular flexibility index (Phi) is 4.17. The van der Waals surface area contributed by atoms with Gasteiger partial charge in [-0.25, -0.2) is 0 Å². The van der Waals surface area contributed by atoms with Crippen LogP contribution >= 0.6 is 0 Å². The van der Waals surface area contributed by atoms with Crippen LogP contribution < -0.4 is 5.73 Å². The van der Waals surface area contributed by atoms with Gasteiger partial charge < -0.3 is 14.6 Å². The van der Waals surface area contributed by atoms with E-state index in [4.69, 9.17) is 14.6 Å². The third kappa shape index (κ3) is 3.22. The fourth-order valence-corrected chi connectivity index (χ4v) is 2.90. The van der Waals surface area contributed by atoms with E-state index in [9.17, 15) is 0 Å². The van der Waals surface area contributed by atoms with Gasteiger partial charge in [0, 0.05) is 12.1 Å². The van der Waals surface area contributed by atoms with Crippen LogP contribution in [0, 0.1) is 6.92 Å². The molecule has 0 radical (unpaired) electrons. The molecule has 114 valence electrons. The number of nitrogens with two attached hydrogens (primary N) is 1. The Labute approximate surface area is 125 Å². The van der Waals surface area contributed by atoms with Crippen molar-refractivity contribution >= 4 is 0 Å². The van der Waals surface area contributed by atoms with Gasteiger partial charge in [-0.2, -0.15) is 0 Å². The topological polar surface area (TPSA) is 55.5 Å². The van der Waals surface area contributed by atoms with Crippen molar-refractivity contribution in [2.24, 2.45) is 5.73 Å². The second-order valence-electron chi connectivity index (χ2n) is 5.95. The maximum absolute atomic E-state index is 6.42. The van der Waals surface area contributed by atoms with Crippen LogP contribution in [0.4, 0.5) is 0 Å². The lowest BCUT2D eigenvalue weighted by molar-refractivity contribution is 0.120. The average molecular weight is 288 g/mol. The highest BCUT2D eigenvalue weighted by molar-refractivity contribution is 5.14. The van der Waals surface area contributed by atoms with Crippen LogP contribution in [0.3, 0.4) is 0 Å². The first-order chi connectivity index (χ1) is 10.2. The molecule has 3 rings (SSSR count). The van der Waals surface area contributed by atoms with E-state index >= 15 is 0 Å². The van der Waals surface area contributed by atoms with E-state index in [-0.39, 0.29) is 12.1 Å². The SMILES string of the molecule is CCC(N)C(c1ccc(C)o1)N(Cc1ccco1)C1CC1. The van der Waals surface area contributed by atoms with Crippen LogP contribution in [-0.4, -0.2) is 17.0 Å². The molecule has 1 aliphatic carbocycles. The zero-order valence-electron chi connectivity index (χ0n) is 12.8. The van der Waals surface area contributed by atoms with Crippen LogP contribution in [0.25, 0.3) is 0 Å². The summed E-state index contributed by atoms with van der Waals surface area (Å²) in [5.74, 6) is 2.89. The zero-order chi connectivity index (χ0) is 14.8. The molecule has 0 spiro atoms. The van der Waals surface area contributed by atoms with Crippen LogP contribution in [0.15, 0.2) is 39.4 Å². The first-order valence-corrected chi connectivity index (χ1v) is 7.79. The van der Waals surface area contributed by atoms with E-state index in [1.165, 1.54) is 12.8 Å². The van der Waals surface area contributed by atoms with Gasteiger partial charge >= 0.3 is 0 Å². The predicted octanol–water partition coefficient (Wildman–Crippen LogP) is 3.62. The molecule has 0 amide bonds. The minimum absolute atomic E-state index is 0.0612. The van der Waals surface area contributed by atoms with Crippen molar-refractivity contribution in [2.75, 3.05) is 0 Å². The minimum atomic E-state index is 0.0612. The van der Waals surface area contributed by atoms with Crippen LogP contribution in [0.1, 0.15) is 49.5 Å². The fourth-order valence-electron chi connectivity index (χ4n) is 2.90. The zero-order valence-corrected chi connectivity index (χ0v) is 12.8. The molecule has 0 bridgehead atoms. The standard InChI is InChI=1S/C17H24N2O2/c1-3-15(18)17(16-9-6-12(2)21-16)19(13-7-8-13)11-14-5-4-10-20-14/h4-6,9-10,13,15,17H,3,7-8,11,18H2,1-2H3. The third-order valence-electron chi connectivity index (χ3n) is 4.22. The number of hydrogen-bond acceptors (Lipinski definition) is 4.